The number of hydrogen-bond acceptors (Lipinski definition) is 3. The largest absolute Gasteiger partial charge is 0.322 e. The van der Waals surface area contributed by atoms with Crippen LogP contribution in [0.25, 0.3) is 16.9 Å². The first-order valence-corrected chi connectivity index (χ1v) is 13.5. The number of carbonyl (C=O) groups excluding carboxylic acids is 2. The van der Waals surface area contributed by atoms with Gasteiger partial charge in [0, 0.05) is 23.9 Å². The Bertz CT molecular complexity index is 1390. The molecule has 0 aliphatic heterocycles. The first-order valence-electron chi connectivity index (χ1n) is 13.5. The minimum absolute atomic E-state index is 0.0934. The first-order chi connectivity index (χ1) is 18.8. The third-order valence-corrected chi connectivity index (χ3v) is 6.66. The van der Waals surface area contributed by atoms with Crippen molar-refractivity contribution >= 4 is 23.4 Å². The maximum absolute atomic E-state index is 13.4. The van der Waals surface area contributed by atoms with E-state index in [2.05, 4.69) is 38.3 Å². The van der Waals surface area contributed by atoms with E-state index in [9.17, 15) is 9.59 Å². The molecule has 1 heterocycles. The van der Waals surface area contributed by atoms with Crippen LogP contribution in [0.3, 0.4) is 0 Å². The van der Waals surface area contributed by atoms with E-state index >= 15 is 0 Å². The van der Waals surface area contributed by atoms with Crippen LogP contribution in [-0.4, -0.2) is 39.7 Å². The summed E-state index contributed by atoms with van der Waals surface area (Å²) in [4.78, 5) is 28.1. The predicted molar refractivity (Wildman–Crippen MR) is 159 cm³/mol. The molecule has 0 aliphatic rings. The van der Waals surface area contributed by atoms with Gasteiger partial charge in [0.25, 0.3) is 0 Å². The summed E-state index contributed by atoms with van der Waals surface area (Å²) in [7, 11) is 0. The molecule has 0 spiro atoms. The predicted octanol–water partition coefficient (Wildman–Crippen LogP) is 7.28. The molecule has 0 radical (unpaired) electrons. The van der Waals surface area contributed by atoms with Gasteiger partial charge in [-0.1, -0.05) is 94.4 Å². The maximum atomic E-state index is 13.4. The zero-order chi connectivity index (χ0) is 27.9. The third kappa shape index (κ3) is 6.55. The van der Waals surface area contributed by atoms with Crippen LogP contribution in [0.2, 0.25) is 0 Å². The molecule has 1 aromatic heterocycles. The average molecular weight is 524 g/mol. The Morgan fingerprint density at radius 2 is 1.41 bits per heavy atom. The molecule has 39 heavy (non-hydrogen) atoms. The Morgan fingerprint density at radius 3 is 1.97 bits per heavy atom. The fourth-order valence-electron chi connectivity index (χ4n) is 4.55. The summed E-state index contributed by atoms with van der Waals surface area (Å²) in [5.74, 6) is 0.725. The molecule has 0 saturated carbocycles. The zero-order valence-corrected chi connectivity index (χ0v) is 23.3. The van der Waals surface area contributed by atoms with Crippen molar-refractivity contribution in [2.75, 3.05) is 23.7 Å². The third-order valence-electron chi connectivity index (χ3n) is 6.66. The van der Waals surface area contributed by atoms with Crippen molar-refractivity contribution in [2.45, 2.75) is 46.5 Å². The minimum Gasteiger partial charge on any atom is -0.315 e. The number of para-hydroxylation sites is 2. The topological polar surface area (TPSA) is 79.3 Å². The second-order valence-corrected chi connectivity index (χ2v) is 10.1. The normalized spacial score (nSPS) is 11.1. The van der Waals surface area contributed by atoms with Gasteiger partial charge in [0.1, 0.15) is 12.4 Å². The van der Waals surface area contributed by atoms with Gasteiger partial charge in [-0.15, -0.1) is 0 Å². The monoisotopic (exact) mass is 523 g/mol. The van der Waals surface area contributed by atoms with Gasteiger partial charge < -0.3 is 15.5 Å². The van der Waals surface area contributed by atoms with Crippen molar-refractivity contribution in [3.8, 4) is 16.9 Å². The first kappa shape index (κ1) is 27.6. The lowest BCUT2D eigenvalue weighted by Crippen LogP contribution is -2.41. The molecule has 3 amide bonds. The smallest absolute Gasteiger partial charge is 0.315 e. The SMILES string of the molecule is CCN(CC(=O)Nc1cc(-c2ccccc2)nn1-c1ccccc1)C(=O)Nc1c(C(C)C)cccc1C(C)C. The second kappa shape index (κ2) is 12.4. The number of benzene rings is 3. The average Bonchev–Trinajstić information content (AvgIpc) is 3.36. The summed E-state index contributed by atoms with van der Waals surface area (Å²) in [6.45, 7) is 10.6. The molecule has 0 saturated heterocycles. The number of amides is 3. The molecule has 4 rings (SSSR count). The number of urea groups is 1. The highest BCUT2D eigenvalue weighted by Gasteiger charge is 2.22. The molecule has 0 unspecified atom stereocenters. The van der Waals surface area contributed by atoms with E-state index in [4.69, 9.17) is 5.10 Å². The van der Waals surface area contributed by atoms with E-state index in [1.54, 1.807) is 4.68 Å². The van der Waals surface area contributed by atoms with Crippen LogP contribution in [-0.2, 0) is 4.79 Å². The molecule has 0 bridgehead atoms. The van der Waals surface area contributed by atoms with Crippen LogP contribution in [0.1, 0.15) is 57.6 Å². The Kier molecular flexibility index (Phi) is 8.81. The standard InChI is InChI=1S/C32H37N5O2/c1-6-36(32(39)34-31-26(22(2)3)18-13-19-27(31)23(4)5)21-30(38)33-29-20-28(24-14-9-7-10-15-24)35-37(29)25-16-11-8-12-17-25/h7-20,22-23H,6,21H2,1-5H3,(H,33,38)(H,34,39). The number of nitrogens with zero attached hydrogens (tertiary/aromatic N) is 3. The van der Waals surface area contributed by atoms with E-state index in [-0.39, 0.29) is 30.3 Å². The summed E-state index contributed by atoms with van der Waals surface area (Å²) < 4.78 is 1.71. The van der Waals surface area contributed by atoms with Gasteiger partial charge in [0.2, 0.25) is 5.91 Å². The minimum atomic E-state index is -0.302. The van der Waals surface area contributed by atoms with Gasteiger partial charge in [-0.05, 0) is 42.0 Å². The zero-order valence-electron chi connectivity index (χ0n) is 23.3. The van der Waals surface area contributed by atoms with Gasteiger partial charge in [0.05, 0.1) is 11.4 Å². The summed E-state index contributed by atoms with van der Waals surface area (Å²) in [5.41, 5.74) is 5.51. The molecule has 7 nitrogen and oxygen atoms in total. The quantitative estimate of drug-likeness (QED) is 0.242. The highest BCUT2D eigenvalue weighted by atomic mass is 16.2. The molecule has 202 valence electrons. The summed E-state index contributed by atoms with van der Waals surface area (Å²) in [6, 6.07) is 27.1. The fraction of sp³-hybridized carbons (Fsp3) is 0.281. The number of likely N-dealkylation sites (N-methyl/N-ethyl adjacent to an activating group) is 1. The summed E-state index contributed by atoms with van der Waals surface area (Å²) in [5, 5.41) is 10.9. The Balaban J connectivity index is 1.55. The summed E-state index contributed by atoms with van der Waals surface area (Å²) >= 11 is 0. The van der Waals surface area contributed by atoms with E-state index in [0.29, 0.717) is 12.4 Å². The van der Waals surface area contributed by atoms with Gasteiger partial charge >= 0.3 is 6.03 Å². The number of aromatic nitrogens is 2. The highest BCUT2D eigenvalue weighted by molar-refractivity contribution is 5.97. The van der Waals surface area contributed by atoms with Crippen LogP contribution >= 0.6 is 0 Å². The second-order valence-electron chi connectivity index (χ2n) is 10.1. The van der Waals surface area contributed by atoms with Crippen molar-refractivity contribution in [1.82, 2.24) is 14.7 Å². The molecule has 0 fully saturated rings. The van der Waals surface area contributed by atoms with E-state index in [1.165, 1.54) is 4.90 Å². The molecule has 3 aromatic carbocycles. The molecule has 4 aromatic rings. The van der Waals surface area contributed by atoms with E-state index < -0.39 is 0 Å². The number of anilines is 2. The van der Waals surface area contributed by atoms with Crippen molar-refractivity contribution in [1.29, 1.82) is 0 Å². The van der Waals surface area contributed by atoms with Crippen molar-refractivity contribution in [2.24, 2.45) is 0 Å². The van der Waals surface area contributed by atoms with Crippen molar-refractivity contribution in [3.05, 3.63) is 96.1 Å². The lowest BCUT2D eigenvalue weighted by atomic mass is 9.93. The number of carbonyl (C=O) groups is 2. The lowest BCUT2D eigenvalue weighted by molar-refractivity contribution is -0.116. The summed E-state index contributed by atoms with van der Waals surface area (Å²) in [6.07, 6.45) is 0. The molecule has 2 N–H and O–H groups in total. The lowest BCUT2D eigenvalue weighted by Gasteiger charge is -2.25. The van der Waals surface area contributed by atoms with Gasteiger partial charge in [-0.2, -0.15) is 5.10 Å². The van der Waals surface area contributed by atoms with Crippen LogP contribution in [0.5, 0.6) is 0 Å². The van der Waals surface area contributed by atoms with Crippen LogP contribution in [0.4, 0.5) is 16.3 Å². The van der Waals surface area contributed by atoms with Crippen LogP contribution in [0, 0.1) is 0 Å². The molecule has 7 heteroatoms. The number of hydrogen-bond donors (Lipinski definition) is 2. The Morgan fingerprint density at radius 1 is 0.821 bits per heavy atom. The number of nitrogens with one attached hydrogen (secondary N) is 2. The van der Waals surface area contributed by atoms with Gasteiger partial charge in [0.15, 0.2) is 0 Å². The molecular weight excluding hydrogens is 486 g/mol. The van der Waals surface area contributed by atoms with Crippen molar-refractivity contribution < 1.29 is 9.59 Å². The van der Waals surface area contributed by atoms with Gasteiger partial charge in [-0.3, -0.25) is 4.79 Å². The Hall–Kier alpha value is -4.39. The highest BCUT2D eigenvalue weighted by Crippen LogP contribution is 2.32. The van der Waals surface area contributed by atoms with Gasteiger partial charge in [-0.25, -0.2) is 9.48 Å². The molecular formula is C32H37N5O2. The fourth-order valence-corrected chi connectivity index (χ4v) is 4.55. The maximum Gasteiger partial charge on any atom is 0.322 e. The molecule has 0 atom stereocenters. The van der Waals surface area contributed by atoms with E-state index in [1.807, 2.05) is 91.9 Å². The number of rotatable bonds is 9. The van der Waals surface area contributed by atoms with Crippen LogP contribution in [0.15, 0.2) is 84.9 Å². The van der Waals surface area contributed by atoms with Crippen LogP contribution < -0.4 is 10.6 Å². The van der Waals surface area contributed by atoms with E-state index in [0.717, 1.165) is 33.8 Å². The molecule has 0 aliphatic carbocycles. The van der Waals surface area contributed by atoms with Crippen molar-refractivity contribution in [3.63, 3.8) is 0 Å². The Labute approximate surface area is 230 Å².